The van der Waals surface area contributed by atoms with E-state index in [1.54, 1.807) is 0 Å². The van der Waals surface area contributed by atoms with Crippen LogP contribution in [0.1, 0.15) is 440 Å². The zero-order valence-electron chi connectivity index (χ0n) is 66.9. The van der Waals surface area contributed by atoms with Crippen molar-refractivity contribution >= 4 is 39.5 Å². The third-order valence-corrected chi connectivity index (χ3v) is 21.7. The maximum atomic E-state index is 13.1. The highest BCUT2D eigenvalue weighted by atomic mass is 31.2. The minimum Gasteiger partial charge on any atom is -0.462 e. The summed E-state index contributed by atoms with van der Waals surface area (Å²) in [5, 5.41) is 10.7. The van der Waals surface area contributed by atoms with Gasteiger partial charge in [0, 0.05) is 25.7 Å². The van der Waals surface area contributed by atoms with Gasteiger partial charge in [-0.3, -0.25) is 37.3 Å². The predicted octanol–water partition coefficient (Wildman–Crippen LogP) is 25.1. The molecule has 3 N–H and O–H groups in total. The lowest BCUT2D eigenvalue weighted by molar-refractivity contribution is -0.161. The van der Waals surface area contributed by atoms with E-state index in [1.807, 2.05) is 0 Å². The lowest BCUT2D eigenvalue weighted by Crippen LogP contribution is -2.30. The standard InChI is InChI=1S/C83H162O17P2/c1-7-10-12-14-16-18-20-21-22-23-24-25-26-27-28-33-36-43-49-55-61-67-82(87)99-79(72-94-81(86)66-60-54-48-42-35-32-30-29-31-34-39-45-51-57-63-75(4)5)74-98-102(91,92)96-70-77(84)69-95-101(89,90)97-73-78(71-93-80(85)65-59-53-47-41-19-17-15-13-11-8-2)100-83(88)68-62-56-50-44-38-37-40-46-52-58-64-76(6)9-3/h75-79,84H,7-74H2,1-6H3,(H,89,90)(H,91,92)/t76?,77-,78+,79+/m0/s1. The topological polar surface area (TPSA) is 237 Å². The van der Waals surface area contributed by atoms with Gasteiger partial charge in [0.2, 0.25) is 0 Å². The van der Waals surface area contributed by atoms with Crippen LogP contribution in [0.25, 0.3) is 0 Å². The smallest absolute Gasteiger partial charge is 0.462 e. The Labute approximate surface area is 626 Å². The number of unbranched alkanes of at least 4 members (excludes halogenated alkanes) is 51. The van der Waals surface area contributed by atoms with E-state index in [0.717, 1.165) is 102 Å². The predicted molar refractivity (Wildman–Crippen MR) is 418 cm³/mol. The molecule has 102 heavy (non-hydrogen) atoms. The molecule has 17 nitrogen and oxygen atoms in total. The molecule has 0 aromatic rings. The van der Waals surface area contributed by atoms with Gasteiger partial charge in [0.15, 0.2) is 12.2 Å². The summed E-state index contributed by atoms with van der Waals surface area (Å²) in [6.45, 7) is 9.69. The summed E-state index contributed by atoms with van der Waals surface area (Å²) in [7, 11) is -9.92. The van der Waals surface area contributed by atoms with Gasteiger partial charge in [-0.2, -0.15) is 0 Å². The van der Waals surface area contributed by atoms with Crippen LogP contribution < -0.4 is 0 Å². The number of esters is 4. The lowest BCUT2D eigenvalue weighted by Gasteiger charge is -2.21. The molecule has 0 spiro atoms. The number of ether oxygens (including phenoxy) is 4. The number of carbonyl (C=O) groups excluding carboxylic acids is 4. The van der Waals surface area contributed by atoms with E-state index in [1.165, 1.54) is 257 Å². The molecule has 0 amide bonds. The van der Waals surface area contributed by atoms with Crippen LogP contribution in [-0.4, -0.2) is 96.7 Å². The van der Waals surface area contributed by atoms with Gasteiger partial charge in [0.25, 0.3) is 0 Å². The van der Waals surface area contributed by atoms with Crippen molar-refractivity contribution in [3.8, 4) is 0 Å². The van der Waals surface area contributed by atoms with Crippen LogP contribution in [-0.2, 0) is 65.4 Å². The summed E-state index contributed by atoms with van der Waals surface area (Å²) >= 11 is 0. The number of phosphoric ester groups is 2. The summed E-state index contributed by atoms with van der Waals surface area (Å²) < 4.78 is 68.8. The number of rotatable bonds is 82. The SMILES string of the molecule is CCCCCCCCCCCCCCCCCCCCCCCC(=O)O[C@H](COC(=O)CCCCCCCCCCCCCCCCC(C)C)COP(=O)(O)OC[C@@H](O)COP(=O)(O)OC[C@@H](COC(=O)CCCCCCCCCCCC)OC(=O)CCCCCCCCCCCCC(C)CC. The highest BCUT2D eigenvalue weighted by Crippen LogP contribution is 2.45. The largest absolute Gasteiger partial charge is 0.472 e. The van der Waals surface area contributed by atoms with E-state index in [4.69, 9.17) is 37.0 Å². The molecule has 0 bridgehead atoms. The molecular weight excluding hydrogens is 1330 g/mol. The zero-order valence-corrected chi connectivity index (χ0v) is 68.7. The molecule has 19 heteroatoms. The van der Waals surface area contributed by atoms with E-state index >= 15 is 0 Å². The fraction of sp³-hybridized carbons (Fsp3) is 0.952. The quantitative estimate of drug-likeness (QED) is 0.0222. The summed E-state index contributed by atoms with van der Waals surface area (Å²) in [5.74, 6) is -0.504. The molecule has 0 rings (SSSR count). The molecule has 0 radical (unpaired) electrons. The van der Waals surface area contributed by atoms with Crippen molar-refractivity contribution in [3.05, 3.63) is 0 Å². The maximum Gasteiger partial charge on any atom is 0.472 e. The van der Waals surface area contributed by atoms with E-state index in [9.17, 15) is 43.2 Å². The number of hydrogen-bond donors (Lipinski definition) is 3. The second-order valence-corrected chi connectivity index (χ2v) is 33.5. The Kier molecular flexibility index (Phi) is 73.1. The van der Waals surface area contributed by atoms with Crippen LogP contribution in [0.3, 0.4) is 0 Å². The number of aliphatic hydroxyl groups excluding tert-OH is 1. The first-order valence-electron chi connectivity index (χ1n) is 43.0. The van der Waals surface area contributed by atoms with Crippen molar-refractivity contribution in [2.45, 2.75) is 458 Å². The Balaban J connectivity index is 5.23. The third-order valence-electron chi connectivity index (χ3n) is 19.8. The van der Waals surface area contributed by atoms with Crippen molar-refractivity contribution in [1.82, 2.24) is 0 Å². The van der Waals surface area contributed by atoms with Gasteiger partial charge < -0.3 is 33.8 Å². The minimum absolute atomic E-state index is 0.107. The van der Waals surface area contributed by atoms with Crippen LogP contribution in [0.5, 0.6) is 0 Å². The third kappa shape index (κ3) is 74.9. The molecule has 0 aliphatic heterocycles. The number of hydrogen-bond acceptors (Lipinski definition) is 15. The van der Waals surface area contributed by atoms with Crippen LogP contribution in [0, 0.1) is 11.8 Å². The fourth-order valence-electron chi connectivity index (χ4n) is 12.9. The molecule has 0 fully saturated rings. The average molecular weight is 1490 g/mol. The average Bonchev–Trinajstić information content (AvgIpc) is 0.923. The maximum absolute atomic E-state index is 13.1. The van der Waals surface area contributed by atoms with Crippen LogP contribution >= 0.6 is 15.6 Å². The Hall–Kier alpha value is -1.94. The number of phosphoric acid groups is 2. The molecule has 0 saturated carbocycles. The lowest BCUT2D eigenvalue weighted by atomic mass is 9.99. The first-order valence-corrected chi connectivity index (χ1v) is 46.0. The molecule has 0 aromatic carbocycles. The highest BCUT2D eigenvalue weighted by molar-refractivity contribution is 7.47. The van der Waals surface area contributed by atoms with E-state index in [-0.39, 0.29) is 25.7 Å². The Bertz CT molecular complexity index is 1960. The van der Waals surface area contributed by atoms with Crippen molar-refractivity contribution in [1.29, 1.82) is 0 Å². The molecule has 606 valence electrons. The molecule has 0 saturated heterocycles. The van der Waals surface area contributed by atoms with E-state index < -0.39 is 97.5 Å². The normalized spacial score (nSPS) is 14.1. The first kappa shape index (κ1) is 100. The van der Waals surface area contributed by atoms with Crippen molar-refractivity contribution in [3.63, 3.8) is 0 Å². The van der Waals surface area contributed by atoms with Gasteiger partial charge in [-0.15, -0.1) is 0 Å². The van der Waals surface area contributed by atoms with Gasteiger partial charge >= 0.3 is 39.5 Å². The number of carbonyl (C=O) groups is 4. The van der Waals surface area contributed by atoms with Gasteiger partial charge in [0.1, 0.15) is 19.3 Å². The fourth-order valence-corrected chi connectivity index (χ4v) is 14.4. The van der Waals surface area contributed by atoms with Gasteiger partial charge in [-0.25, -0.2) is 9.13 Å². The van der Waals surface area contributed by atoms with Crippen molar-refractivity contribution in [2.75, 3.05) is 39.6 Å². The van der Waals surface area contributed by atoms with Gasteiger partial charge in [-0.1, -0.05) is 388 Å². The summed E-state index contributed by atoms with van der Waals surface area (Å²) in [5.41, 5.74) is 0. The van der Waals surface area contributed by atoms with Crippen molar-refractivity contribution < 1.29 is 80.2 Å². The summed E-state index contributed by atoms with van der Waals surface area (Å²) in [4.78, 5) is 73.1. The molecular formula is C83H162O17P2. The second-order valence-electron chi connectivity index (χ2n) is 30.6. The van der Waals surface area contributed by atoms with E-state index in [2.05, 4.69) is 41.5 Å². The molecule has 6 atom stereocenters. The molecule has 0 heterocycles. The Morgan fingerprint density at radius 2 is 0.500 bits per heavy atom. The monoisotopic (exact) mass is 1490 g/mol. The Morgan fingerprint density at radius 1 is 0.284 bits per heavy atom. The number of aliphatic hydroxyl groups is 1. The highest BCUT2D eigenvalue weighted by Gasteiger charge is 2.30. The minimum atomic E-state index is -4.96. The van der Waals surface area contributed by atoms with Crippen molar-refractivity contribution in [2.24, 2.45) is 11.8 Å². The van der Waals surface area contributed by atoms with Gasteiger partial charge in [-0.05, 0) is 37.5 Å². The molecule has 0 aliphatic rings. The second kappa shape index (κ2) is 74.5. The zero-order chi connectivity index (χ0) is 74.9. The first-order chi connectivity index (χ1) is 49.4. The molecule has 3 unspecified atom stereocenters. The van der Waals surface area contributed by atoms with Crippen LogP contribution in [0.15, 0.2) is 0 Å². The summed E-state index contributed by atoms with van der Waals surface area (Å²) in [6.07, 6.45) is 65.2. The van der Waals surface area contributed by atoms with Crippen LogP contribution in [0.4, 0.5) is 0 Å². The van der Waals surface area contributed by atoms with Gasteiger partial charge in [0.05, 0.1) is 26.4 Å². The molecule has 0 aliphatic carbocycles. The van der Waals surface area contributed by atoms with E-state index in [0.29, 0.717) is 25.7 Å². The summed E-state index contributed by atoms with van der Waals surface area (Å²) in [6, 6.07) is 0. The molecule has 0 aromatic heterocycles. The van der Waals surface area contributed by atoms with Crippen LogP contribution in [0.2, 0.25) is 0 Å². The Morgan fingerprint density at radius 3 is 0.745 bits per heavy atom.